The van der Waals surface area contributed by atoms with Crippen LogP contribution in [-0.4, -0.2) is 27.3 Å². The Balaban J connectivity index is 1.94. The zero-order valence-corrected chi connectivity index (χ0v) is 10.9. The van der Waals surface area contributed by atoms with Gasteiger partial charge >= 0.3 is 0 Å². The highest BCUT2D eigenvalue weighted by molar-refractivity contribution is 6.09. The molecule has 2 aromatic carbocycles. The van der Waals surface area contributed by atoms with Gasteiger partial charge in [-0.25, -0.2) is 0 Å². The van der Waals surface area contributed by atoms with Crippen LogP contribution in [0.4, 0.5) is 0 Å². The van der Waals surface area contributed by atoms with Crippen LogP contribution in [0.1, 0.15) is 16.1 Å². The van der Waals surface area contributed by atoms with Crippen molar-refractivity contribution < 1.29 is 4.79 Å². The Hall–Kier alpha value is -2.53. The van der Waals surface area contributed by atoms with Crippen molar-refractivity contribution in [2.75, 3.05) is 6.54 Å². The molecule has 5 nitrogen and oxygen atoms in total. The maximum Gasteiger partial charge on any atom is 0.214 e. The van der Waals surface area contributed by atoms with Gasteiger partial charge in [0.05, 0.1) is 12.7 Å². The summed E-state index contributed by atoms with van der Waals surface area (Å²) in [7, 11) is 0. The second-order valence-corrected chi connectivity index (χ2v) is 4.55. The number of hydrogen-bond acceptors (Lipinski definition) is 4. The monoisotopic (exact) mass is 266 g/mol. The molecule has 0 amide bonds. The number of carbonyl (C=O) groups excluding carboxylic acids is 1. The van der Waals surface area contributed by atoms with E-state index in [1.807, 2.05) is 42.5 Å². The number of aromatic nitrogens is 3. The van der Waals surface area contributed by atoms with E-state index in [2.05, 4.69) is 10.3 Å². The van der Waals surface area contributed by atoms with Gasteiger partial charge in [-0.15, -0.1) is 5.10 Å². The van der Waals surface area contributed by atoms with E-state index in [1.54, 1.807) is 10.9 Å². The smallest absolute Gasteiger partial charge is 0.214 e. The van der Waals surface area contributed by atoms with Gasteiger partial charge in [-0.1, -0.05) is 41.6 Å². The van der Waals surface area contributed by atoms with E-state index in [0.717, 1.165) is 10.8 Å². The van der Waals surface area contributed by atoms with Gasteiger partial charge in [-0.05, 0) is 16.8 Å². The maximum absolute atomic E-state index is 12.4. The van der Waals surface area contributed by atoms with Gasteiger partial charge in [0.15, 0.2) is 5.69 Å². The van der Waals surface area contributed by atoms with Gasteiger partial charge in [-0.2, -0.15) is 0 Å². The van der Waals surface area contributed by atoms with Crippen LogP contribution in [0.3, 0.4) is 0 Å². The fourth-order valence-corrected chi connectivity index (χ4v) is 2.12. The Morgan fingerprint density at radius 2 is 1.95 bits per heavy atom. The van der Waals surface area contributed by atoms with Gasteiger partial charge in [0.2, 0.25) is 5.78 Å². The number of nitrogens with two attached hydrogens (primary N) is 1. The molecule has 0 fully saturated rings. The lowest BCUT2D eigenvalue weighted by atomic mass is 10.0. The number of benzene rings is 2. The number of hydrogen-bond donors (Lipinski definition) is 1. The molecule has 0 saturated heterocycles. The summed E-state index contributed by atoms with van der Waals surface area (Å²) in [6.07, 6.45) is 1.63. The Bertz CT molecular complexity index is 763. The van der Waals surface area contributed by atoms with E-state index in [-0.39, 0.29) is 5.78 Å². The number of nitrogens with zero attached hydrogens (tertiary/aromatic N) is 3. The minimum atomic E-state index is -0.126. The summed E-state index contributed by atoms with van der Waals surface area (Å²) in [5, 5.41) is 9.92. The molecule has 0 aliphatic carbocycles. The topological polar surface area (TPSA) is 73.8 Å². The first kappa shape index (κ1) is 12.5. The normalized spacial score (nSPS) is 10.8. The molecule has 3 aromatic rings. The van der Waals surface area contributed by atoms with E-state index in [0.29, 0.717) is 24.3 Å². The zero-order chi connectivity index (χ0) is 13.9. The summed E-state index contributed by atoms with van der Waals surface area (Å²) in [6.45, 7) is 1.02. The summed E-state index contributed by atoms with van der Waals surface area (Å²) < 4.78 is 1.58. The lowest BCUT2D eigenvalue weighted by molar-refractivity contribution is 0.103. The van der Waals surface area contributed by atoms with Crippen molar-refractivity contribution >= 4 is 16.6 Å². The summed E-state index contributed by atoms with van der Waals surface area (Å²) in [6, 6.07) is 13.5. The van der Waals surface area contributed by atoms with Crippen LogP contribution < -0.4 is 5.73 Å². The maximum atomic E-state index is 12.4. The fraction of sp³-hybridized carbons (Fsp3) is 0.133. The molecule has 0 bridgehead atoms. The number of carbonyl (C=O) groups is 1. The van der Waals surface area contributed by atoms with E-state index in [4.69, 9.17) is 5.73 Å². The molecule has 0 aliphatic rings. The van der Waals surface area contributed by atoms with Crippen LogP contribution >= 0.6 is 0 Å². The Morgan fingerprint density at radius 1 is 1.15 bits per heavy atom. The van der Waals surface area contributed by atoms with Gasteiger partial charge < -0.3 is 5.73 Å². The number of rotatable bonds is 4. The van der Waals surface area contributed by atoms with Crippen molar-refractivity contribution in [1.29, 1.82) is 0 Å². The van der Waals surface area contributed by atoms with Crippen LogP contribution in [0.2, 0.25) is 0 Å². The molecule has 0 radical (unpaired) electrons. The van der Waals surface area contributed by atoms with Crippen molar-refractivity contribution in [3.63, 3.8) is 0 Å². The minimum absolute atomic E-state index is 0.126. The molecular formula is C15H14N4O. The van der Waals surface area contributed by atoms with Gasteiger partial charge in [-0.3, -0.25) is 9.48 Å². The fourth-order valence-electron chi connectivity index (χ4n) is 2.12. The van der Waals surface area contributed by atoms with Crippen molar-refractivity contribution in [2.24, 2.45) is 5.73 Å². The third-order valence-corrected chi connectivity index (χ3v) is 3.14. The molecule has 100 valence electrons. The minimum Gasteiger partial charge on any atom is -0.329 e. The first-order chi connectivity index (χ1) is 9.78. The van der Waals surface area contributed by atoms with Crippen molar-refractivity contribution in [1.82, 2.24) is 15.0 Å². The summed E-state index contributed by atoms with van der Waals surface area (Å²) in [5.41, 5.74) is 6.40. The quantitative estimate of drug-likeness (QED) is 0.728. The molecule has 3 rings (SSSR count). The highest BCUT2D eigenvalue weighted by Gasteiger charge is 2.13. The molecule has 0 saturated carbocycles. The Labute approximate surface area is 116 Å². The lowest BCUT2D eigenvalue weighted by Crippen LogP contribution is -2.10. The van der Waals surface area contributed by atoms with E-state index >= 15 is 0 Å². The Morgan fingerprint density at radius 3 is 2.75 bits per heavy atom. The van der Waals surface area contributed by atoms with Crippen molar-refractivity contribution in [3.05, 3.63) is 59.9 Å². The predicted molar refractivity (Wildman–Crippen MR) is 76.5 cm³/mol. The standard InChI is InChI=1S/C15H14N4O/c16-7-8-19-10-14(17-18-19)15(20)13-6-5-11-3-1-2-4-12(11)9-13/h1-6,9-10H,7-8,16H2. The largest absolute Gasteiger partial charge is 0.329 e. The molecule has 0 aliphatic heterocycles. The highest BCUT2D eigenvalue weighted by atomic mass is 16.1. The molecule has 0 spiro atoms. The number of fused-ring (bicyclic) bond motifs is 1. The molecule has 0 unspecified atom stereocenters. The van der Waals surface area contributed by atoms with Crippen LogP contribution in [0.15, 0.2) is 48.7 Å². The first-order valence-electron chi connectivity index (χ1n) is 6.41. The van der Waals surface area contributed by atoms with Gasteiger partial charge in [0, 0.05) is 12.1 Å². The SMILES string of the molecule is NCCn1cc(C(=O)c2ccc3ccccc3c2)nn1. The summed E-state index contributed by atoms with van der Waals surface area (Å²) in [5.74, 6) is -0.126. The summed E-state index contributed by atoms with van der Waals surface area (Å²) in [4.78, 5) is 12.4. The molecule has 1 aromatic heterocycles. The summed E-state index contributed by atoms with van der Waals surface area (Å²) >= 11 is 0. The first-order valence-corrected chi connectivity index (χ1v) is 6.41. The second kappa shape index (κ2) is 5.22. The molecule has 2 N–H and O–H groups in total. The Kier molecular flexibility index (Phi) is 3.26. The lowest BCUT2D eigenvalue weighted by Gasteiger charge is -2.01. The van der Waals surface area contributed by atoms with E-state index < -0.39 is 0 Å². The van der Waals surface area contributed by atoms with Crippen LogP contribution in [-0.2, 0) is 6.54 Å². The molecule has 0 atom stereocenters. The van der Waals surface area contributed by atoms with E-state index in [1.165, 1.54) is 0 Å². The average Bonchev–Trinajstić information content (AvgIpc) is 2.95. The third-order valence-electron chi connectivity index (χ3n) is 3.14. The van der Waals surface area contributed by atoms with Crippen LogP contribution in [0.25, 0.3) is 10.8 Å². The van der Waals surface area contributed by atoms with E-state index in [9.17, 15) is 4.79 Å². The van der Waals surface area contributed by atoms with Gasteiger partial charge in [0.25, 0.3) is 0 Å². The number of ketones is 1. The predicted octanol–water partition coefficient (Wildman–Crippen LogP) is 1.62. The molecular weight excluding hydrogens is 252 g/mol. The second-order valence-electron chi connectivity index (χ2n) is 4.55. The molecule has 5 heteroatoms. The van der Waals surface area contributed by atoms with Gasteiger partial charge in [0.1, 0.15) is 0 Å². The molecule has 1 heterocycles. The van der Waals surface area contributed by atoms with Crippen molar-refractivity contribution in [3.8, 4) is 0 Å². The average molecular weight is 266 g/mol. The third kappa shape index (κ3) is 2.31. The van der Waals surface area contributed by atoms with Crippen molar-refractivity contribution in [2.45, 2.75) is 6.54 Å². The molecule has 20 heavy (non-hydrogen) atoms. The van der Waals surface area contributed by atoms with Crippen LogP contribution in [0.5, 0.6) is 0 Å². The van der Waals surface area contributed by atoms with Crippen LogP contribution in [0, 0.1) is 0 Å². The highest BCUT2D eigenvalue weighted by Crippen LogP contribution is 2.17. The zero-order valence-electron chi connectivity index (χ0n) is 10.9.